The molecule has 7 nitrogen and oxygen atoms in total. The fraction of sp³-hybridized carbons (Fsp3) is 0.348. The van der Waals surface area contributed by atoms with Crippen LogP contribution in [0.5, 0.6) is 5.75 Å². The van der Waals surface area contributed by atoms with Crippen LogP contribution < -0.4 is 10.1 Å². The maximum absolute atomic E-state index is 12.8. The minimum absolute atomic E-state index is 0.0289. The van der Waals surface area contributed by atoms with Crippen molar-refractivity contribution in [2.75, 3.05) is 25.0 Å². The van der Waals surface area contributed by atoms with E-state index in [-0.39, 0.29) is 11.8 Å². The predicted molar refractivity (Wildman–Crippen MR) is 119 cm³/mol. The molecule has 8 heteroatoms. The maximum atomic E-state index is 12.8. The minimum Gasteiger partial charge on any atom is -0.494 e. The van der Waals surface area contributed by atoms with Gasteiger partial charge in [0.1, 0.15) is 5.75 Å². The number of rotatable bonds is 7. The van der Waals surface area contributed by atoms with Gasteiger partial charge >= 0.3 is 0 Å². The van der Waals surface area contributed by atoms with Crippen molar-refractivity contribution in [3.63, 3.8) is 0 Å². The van der Waals surface area contributed by atoms with Gasteiger partial charge in [0.25, 0.3) is 0 Å². The van der Waals surface area contributed by atoms with E-state index in [0.717, 1.165) is 36.4 Å². The minimum atomic E-state index is -0.0843. The Hall–Kier alpha value is -2.90. The van der Waals surface area contributed by atoms with Crippen molar-refractivity contribution in [1.82, 2.24) is 15.0 Å². The molecule has 1 unspecified atom stereocenters. The molecule has 1 fully saturated rings. The van der Waals surface area contributed by atoms with Gasteiger partial charge in [-0.2, -0.15) is 4.98 Å². The number of nitrogens with one attached hydrogen (secondary N) is 1. The molecule has 1 atom stereocenters. The quantitative estimate of drug-likeness (QED) is 0.576. The highest BCUT2D eigenvalue weighted by atomic mass is 35.5. The molecule has 2 aromatic carbocycles. The molecule has 0 spiro atoms. The lowest BCUT2D eigenvalue weighted by Crippen LogP contribution is -2.40. The number of nitrogens with zero attached hydrogens (tertiary/aromatic N) is 3. The summed E-state index contributed by atoms with van der Waals surface area (Å²) in [6.07, 6.45) is 1.80. The molecule has 0 bridgehead atoms. The van der Waals surface area contributed by atoms with Gasteiger partial charge in [0.15, 0.2) is 0 Å². The monoisotopic (exact) mass is 440 g/mol. The van der Waals surface area contributed by atoms with Crippen LogP contribution in [0.1, 0.15) is 25.7 Å². The second kappa shape index (κ2) is 9.94. The van der Waals surface area contributed by atoms with Crippen LogP contribution in [-0.2, 0) is 11.3 Å². The Kier molecular flexibility index (Phi) is 6.84. The van der Waals surface area contributed by atoms with Gasteiger partial charge in [-0.15, -0.1) is 0 Å². The summed E-state index contributed by atoms with van der Waals surface area (Å²) in [7, 11) is 0. The van der Waals surface area contributed by atoms with Gasteiger partial charge in [-0.25, -0.2) is 0 Å². The Morgan fingerprint density at radius 1 is 1.23 bits per heavy atom. The van der Waals surface area contributed by atoms with Crippen molar-refractivity contribution in [1.29, 1.82) is 0 Å². The summed E-state index contributed by atoms with van der Waals surface area (Å²) in [6.45, 7) is 4.63. The first kappa shape index (κ1) is 21.3. The van der Waals surface area contributed by atoms with Crippen molar-refractivity contribution in [2.24, 2.45) is 5.92 Å². The van der Waals surface area contributed by atoms with Gasteiger partial charge in [-0.1, -0.05) is 16.8 Å². The fourth-order valence-electron chi connectivity index (χ4n) is 3.69. The normalized spacial score (nSPS) is 16.8. The van der Waals surface area contributed by atoms with E-state index in [1.807, 2.05) is 43.3 Å². The third-order valence-corrected chi connectivity index (χ3v) is 5.49. The topological polar surface area (TPSA) is 80.5 Å². The number of anilines is 1. The number of halogens is 1. The van der Waals surface area contributed by atoms with Crippen molar-refractivity contribution in [3.8, 4) is 17.1 Å². The Morgan fingerprint density at radius 3 is 2.74 bits per heavy atom. The smallest absolute Gasteiger partial charge is 0.241 e. The van der Waals surface area contributed by atoms with Crippen LogP contribution in [0.2, 0.25) is 5.02 Å². The highest BCUT2D eigenvalue weighted by Gasteiger charge is 2.27. The highest BCUT2D eigenvalue weighted by molar-refractivity contribution is 6.30. The van der Waals surface area contributed by atoms with Crippen LogP contribution in [0, 0.1) is 5.92 Å². The number of carbonyl (C=O) groups is 1. The van der Waals surface area contributed by atoms with Crippen LogP contribution in [0.3, 0.4) is 0 Å². The molecule has 4 rings (SSSR count). The lowest BCUT2D eigenvalue weighted by molar-refractivity contribution is -0.121. The van der Waals surface area contributed by atoms with Crippen LogP contribution in [0.25, 0.3) is 11.4 Å². The number of hydrogen-bond acceptors (Lipinski definition) is 6. The van der Waals surface area contributed by atoms with Gasteiger partial charge in [-0.05, 0) is 74.8 Å². The molecule has 3 aromatic rings. The number of carbonyl (C=O) groups excluding carboxylic acids is 1. The average molecular weight is 441 g/mol. The molecule has 0 saturated carbocycles. The molecule has 1 amide bonds. The largest absolute Gasteiger partial charge is 0.494 e. The molecular formula is C23H25ClN4O3. The zero-order valence-electron chi connectivity index (χ0n) is 17.4. The van der Waals surface area contributed by atoms with Gasteiger partial charge in [0, 0.05) is 22.8 Å². The first-order chi connectivity index (χ1) is 15.1. The van der Waals surface area contributed by atoms with E-state index in [0.29, 0.717) is 36.4 Å². The summed E-state index contributed by atoms with van der Waals surface area (Å²) in [5, 5.41) is 7.74. The summed E-state index contributed by atoms with van der Waals surface area (Å²) >= 11 is 5.93. The van der Waals surface area contributed by atoms with E-state index in [4.69, 9.17) is 20.9 Å². The van der Waals surface area contributed by atoms with Gasteiger partial charge < -0.3 is 14.6 Å². The Morgan fingerprint density at radius 2 is 2.00 bits per heavy atom. The van der Waals surface area contributed by atoms with E-state index < -0.39 is 0 Å². The second-order valence-corrected chi connectivity index (χ2v) is 7.98. The molecule has 1 aromatic heterocycles. The van der Waals surface area contributed by atoms with Crippen LogP contribution >= 0.6 is 11.6 Å². The number of likely N-dealkylation sites (tertiary alicyclic amines) is 1. The number of benzene rings is 2. The van der Waals surface area contributed by atoms with E-state index in [1.165, 1.54) is 0 Å². The van der Waals surface area contributed by atoms with E-state index in [1.54, 1.807) is 12.1 Å². The summed E-state index contributed by atoms with van der Waals surface area (Å²) in [5.41, 5.74) is 1.63. The fourth-order valence-corrected chi connectivity index (χ4v) is 3.81. The number of aromatic nitrogens is 2. The summed E-state index contributed by atoms with van der Waals surface area (Å²) < 4.78 is 10.9. The van der Waals surface area contributed by atoms with E-state index in [2.05, 4.69) is 20.4 Å². The molecule has 31 heavy (non-hydrogen) atoms. The third-order valence-electron chi connectivity index (χ3n) is 5.24. The standard InChI is InChI=1S/C23H25ClN4O3/c1-2-30-20-11-9-19(10-12-20)25-23(29)17-4-3-13-28(14-17)15-21-26-22(27-31-21)16-5-7-18(24)8-6-16/h5-12,17H,2-4,13-15H2,1H3,(H,25,29). The van der Waals surface area contributed by atoms with Crippen LogP contribution in [-0.4, -0.2) is 40.6 Å². The molecule has 0 radical (unpaired) electrons. The first-order valence-corrected chi connectivity index (χ1v) is 10.8. The molecule has 0 aliphatic carbocycles. The zero-order valence-corrected chi connectivity index (χ0v) is 18.1. The van der Waals surface area contributed by atoms with Crippen molar-refractivity contribution in [3.05, 3.63) is 59.4 Å². The molecule has 162 valence electrons. The highest BCUT2D eigenvalue weighted by Crippen LogP contribution is 2.23. The van der Waals surface area contributed by atoms with Gasteiger partial charge in [0.05, 0.1) is 19.1 Å². The molecule has 1 aliphatic rings. The van der Waals surface area contributed by atoms with Crippen LogP contribution in [0.4, 0.5) is 5.69 Å². The maximum Gasteiger partial charge on any atom is 0.241 e. The number of hydrogen-bond donors (Lipinski definition) is 1. The van der Waals surface area contributed by atoms with Crippen molar-refractivity contribution < 1.29 is 14.1 Å². The molecule has 2 heterocycles. The van der Waals surface area contributed by atoms with Crippen molar-refractivity contribution in [2.45, 2.75) is 26.3 Å². The lowest BCUT2D eigenvalue weighted by Gasteiger charge is -2.30. The van der Waals surface area contributed by atoms with Gasteiger partial charge in [0.2, 0.25) is 17.6 Å². The Bertz CT molecular complexity index is 1000. The third kappa shape index (κ3) is 5.62. The SMILES string of the molecule is CCOc1ccc(NC(=O)C2CCCN(Cc3nc(-c4ccc(Cl)cc4)no3)C2)cc1. The van der Waals surface area contributed by atoms with E-state index >= 15 is 0 Å². The predicted octanol–water partition coefficient (Wildman–Crippen LogP) is 4.64. The summed E-state index contributed by atoms with van der Waals surface area (Å²) in [5.74, 6) is 1.81. The summed E-state index contributed by atoms with van der Waals surface area (Å²) in [4.78, 5) is 19.4. The van der Waals surface area contributed by atoms with Crippen molar-refractivity contribution >= 4 is 23.2 Å². The van der Waals surface area contributed by atoms with Gasteiger partial charge in [-0.3, -0.25) is 9.69 Å². The first-order valence-electron chi connectivity index (χ1n) is 10.5. The zero-order chi connectivity index (χ0) is 21.6. The average Bonchev–Trinajstić information content (AvgIpc) is 3.24. The summed E-state index contributed by atoms with van der Waals surface area (Å²) in [6, 6.07) is 14.8. The van der Waals surface area contributed by atoms with Crippen LogP contribution in [0.15, 0.2) is 53.1 Å². The molecular weight excluding hydrogens is 416 g/mol. The molecule has 1 N–H and O–H groups in total. The number of ether oxygens (including phenoxy) is 1. The Balaban J connectivity index is 1.33. The molecule has 1 saturated heterocycles. The molecule has 1 aliphatic heterocycles. The van der Waals surface area contributed by atoms with E-state index in [9.17, 15) is 4.79 Å². The number of amides is 1. The lowest BCUT2D eigenvalue weighted by atomic mass is 9.97. The second-order valence-electron chi connectivity index (χ2n) is 7.54. The number of piperidine rings is 1. The Labute approximate surface area is 186 Å².